The van der Waals surface area contributed by atoms with E-state index in [0.717, 1.165) is 38.4 Å². The van der Waals surface area contributed by atoms with Crippen LogP contribution < -0.4 is 10.9 Å². The Balaban J connectivity index is 1.60. The third-order valence-electron chi connectivity index (χ3n) is 4.27. The van der Waals surface area contributed by atoms with Gasteiger partial charge in [-0.05, 0) is 13.0 Å². The van der Waals surface area contributed by atoms with Crippen LogP contribution in [0.25, 0.3) is 11.3 Å². The van der Waals surface area contributed by atoms with Crippen molar-refractivity contribution >= 4 is 5.91 Å². The Morgan fingerprint density at radius 3 is 2.65 bits per heavy atom. The van der Waals surface area contributed by atoms with Crippen LogP contribution in [0.1, 0.15) is 6.92 Å². The van der Waals surface area contributed by atoms with E-state index in [1.807, 2.05) is 37.3 Å². The summed E-state index contributed by atoms with van der Waals surface area (Å²) in [4.78, 5) is 26.6. The van der Waals surface area contributed by atoms with E-state index in [1.165, 1.54) is 10.7 Å². The summed E-state index contributed by atoms with van der Waals surface area (Å²) >= 11 is 0. The van der Waals surface area contributed by atoms with E-state index in [-0.39, 0.29) is 24.1 Å². The van der Waals surface area contributed by atoms with E-state index in [9.17, 15) is 9.59 Å². The number of carbonyl (C=O) groups is 1. The van der Waals surface area contributed by atoms with Crippen molar-refractivity contribution in [2.24, 2.45) is 0 Å². The van der Waals surface area contributed by atoms with Gasteiger partial charge < -0.3 is 10.1 Å². The van der Waals surface area contributed by atoms with E-state index in [1.54, 1.807) is 6.07 Å². The molecule has 0 saturated carbocycles. The lowest BCUT2D eigenvalue weighted by atomic mass is 10.1. The van der Waals surface area contributed by atoms with Crippen LogP contribution in [0.2, 0.25) is 0 Å². The normalized spacial score (nSPS) is 16.2. The topological polar surface area (TPSA) is 76.5 Å². The summed E-state index contributed by atoms with van der Waals surface area (Å²) in [7, 11) is 0. The lowest BCUT2D eigenvalue weighted by molar-refractivity contribution is -0.122. The molecule has 2 aromatic rings. The summed E-state index contributed by atoms with van der Waals surface area (Å²) in [6.45, 7) is 5.84. The molecule has 1 atom stereocenters. The lowest BCUT2D eigenvalue weighted by Crippen LogP contribution is -2.47. The number of benzene rings is 1. The lowest BCUT2D eigenvalue weighted by Gasteiger charge is -2.29. The average Bonchev–Trinajstić information content (AvgIpc) is 2.65. The molecule has 3 rings (SSSR count). The molecule has 1 N–H and O–H groups in total. The first-order valence-corrected chi connectivity index (χ1v) is 8.85. The molecule has 0 radical (unpaired) electrons. The maximum absolute atomic E-state index is 12.3. The second-order valence-corrected chi connectivity index (χ2v) is 6.46. The Morgan fingerprint density at radius 1 is 1.19 bits per heavy atom. The van der Waals surface area contributed by atoms with Crippen LogP contribution in [0.3, 0.4) is 0 Å². The number of morpholine rings is 1. The van der Waals surface area contributed by atoms with Crippen molar-refractivity contribution in [2.75, 3.05) is 32.8 Å². The van der Waals surface area contributed by atoms with Crippen LogP contribution in [0.5, 0.6) is 0 Å². The molecule has 1 aliphatic rings. The van der Waals surface area contributed by atoms with Gasteiger partial charge in [-0.2, -0.15) is 5.10 Å². The standard InChI is InChI=1S/C19H24N4O3/c1-15(13-22-9-11-26-12-10-22)20-18(24)14-23-19(25)8-7-17(21-23)16-5-3-2-4-6-16/h2-8,15H,9-14H2,1H3,(H,20,24). The average molecular weight is 356 g/mol. The van der Waals surface area contributed by atoms with E-state index in [4.69, 9.17) is 4.74 Å². The quantitative estimate of drug-likeness (QED) is 0.826. The van der Waals surface area contributed by atoms with Gasteiger partial charge >= 0.3 is 0 Å². The molecule has 1 fully saturated rings. The van der Waals surface area contributed by atoms with Crippen LogP contribution in [0, 0.1) is 0 Å². The van der Waals surface area contributed by atoms with Crippen molar-refractivity contribution in [1.29, 1.82) is 0 Å². The number of hydrogen-bond acceptors (Lipinski definition) is 5. The molecule has 0 spiro atoms. The van der Waals surface area contributed by atoms with Crippen LogP contribution in [-0.4, -0.2) is 59.5 Å². The van der Waals surface area contributed by atoms with Crippen LogP contribution in [-0.2, 0) is 16.1 Å². The van der Waals surface area contributed by atoms with Crippen molar-refractivity contribution in [2.45, 2.75) is 19.5 Å². The fourth-order valence-corrected chi connectivity index (χ4v) is 3.00. The summed E-state index contributed by atoms with van der Waals surface area (Å²) in [6, 6.07) is 12.7. The van der Waals surface area contributed by atoms with E-state index < -0.39 is 0 Å². The first-order chi connectivity index (χ1) is 12.6. The maximum atomic E-state index is 12.3. The second kappa shape index (κ2) is 8.73. The molecule has 0 aliphatic carbocycles. The van der Waals surface area contributed by atoms with Crippen LogP contribution in [0.15, 0.2) is 47.3 Å². The van der Waals surface area contributed by atoms with Gasteiger partial charge in [0, 0.05) is 37.3 Å². The largest absolute Gasteiger partial charge is 0.379 e. The molecule has 2 heterocycles. The van der Waals surface area contributed by atoms with E-state index in [0.29, 0.717) is 5.69 Å². The molecule has 1 amide bonds. The maximum Gasteiger partial charge on any atom is 0.267 e. The molecule has 1 saturated heterocycles. The number of ether oxygens (including phenoxy) is 1. The zero-order valence-corrected chi connectivity index (χ0v) is 14.9. The first-order valence-electron chi connectivity index (χ1n) is 8.85. The zero-order chi connectivity index (χ0) is 18.4. The Morgan fingerprint density at radius 2 is 1.92 bits per heavy atom. The number of nitrogens with one attached hydrogen (secondary N) is 1. The summed E-state index contributed by atoms with van der Waals surface area (Å²) in [5, 5.41) is 7.26. The Bertz CT molecular complexity index is 785. The van der Waals surface area contributed by atoms with E-state index >= 15 is 0 Å². The van der Waals surface area contributed by atoms with Crippen molar-refractivity contribution in [3.63, 3.8) is 0 Å². The number of hydrogen-bond donors (Lipinski definition) is 1. The van der Waals surface area contributed by atoms with Gasteiger partial charge in [0.15, 0.2) is 0 Å². The van der Waals surface area contributed by atoms with Gasteiger partial charge in [0.25, 0.3) is 5.56 Å². The molecule has 7 heteroatoms. The van der Waals surface area contributed by atoms with E-state index in [2.05, 4.69) is 15.3 Å². The van der Waals surface area contributed by atoms with Gasteiger partial charge in [0.2, 0.25) is 5.91 Å². The van der Waals surface area contributed by atoms with Gasteiger partial charge in [-0.3, -0.25) is 14.5 Å². The van der Waals surface area contributed by atoms with Crippen LogP contribution >= 0.6 is 0 Å². The minimum atomic E-state index is -0.291. The molecule has 26 heavy (non-hydrogen) atoms. The first kappa shape index (κ1) is 18.3. The molecular formula is C19H24N4O3. The Kier molecular flexibility index (Phi) is 6.14. The van der Waals surface area contributed by atoms with Gasteiger partial charge in [-0.15, -0.1) is 0 Å². The molecule has 0 bridgehead atoms. The third-order valence-corrected chi connectivity index (χ3v) is 4.27. The third kappa shape index (κ3) is 5.00. The summed E-state index contributed by atoms with van der Waals surface area (Å²) < 4.78 is 6.53. The fourth-order valence-electron chi connectivity index (χ4n) is 3.00. The molecular weight excluding hydrogens is 332 g/mol. The highest BCUT2D eigenvalue weighted by Gasteiger charge is 2.16. The molecule has 1 unspecified atom stereocenters. The number of amides is 1. The smallest absolute Gasteiger partial charge is 0.267 e. The molecule has 1 aliphatic heterocycles. The van der Waals surface area contributed by atoms with Crippen molar-refractivity contribution < 1.29 is 9.53 Å². The number of carbonyl (C=O) groups excluding carboxylic acids is 1. The summed E-state index contributed by atoms with van der Waals surface area (Å²) in [5.74, 6) is -0.217. The predicted octanol–water partition coefficient (Wildman–Crippen LogP) is 0.747. The van der Waals surface area contributed by atoms with Crippen molar-refractivity contribution in [3.8, 4) is 11.3 Å². The minimum Gasteiger partial charge on any atom is -0.379 e. The van der Waals surface area contributed by atoms with Gasteiger partial charge in [-0.1, -0.05) is 30.3 Å². The predicted molar refractivity (Wildman–Crippen MR) is 98.8 cm³/mol. The molecule has 1 aromatic heterocycles. The Hall–Kier alpha value is -2.51. The highest BCUT2D eigenvalue weighted by molar-refractivity contribution is 5.76. The van der Waals surface area contributed by atoms with Crippen LogP contribution in [0.4, 0.5) is 0 Å². The summed E-state index contributed by atoms with van der Waals surface area (Å²) in [5.41, 5.74) is 1.28. The summed E-state index contributed by atoms with van der Waals surface area (Å²) in [6.07, 6.45) is 0. The van der Waals surface area contributed by atoms with Gasteiger partial charge in [0.05, 0.1) is 18.9 Å². The highest BCUT2D eigenvalue weighted by atomic mass is 16.5. The number of aromatic nitrogens is 2. The molecule has 138 valence electrons. The van der Waals surface area contributed by atoms with Gasteiger partial charge in [-0.25, -0.2) is 4.68 Å². The fraction of sp³-hybridized carbons (Fsp3) is 0.421. The second-order valence-electron chi connectivity index (χ2n) is 6.46. The minimum absolute atomic E-state index is 0.00592. The monoisotopic (exact) mass is 356 g/mol. The highest BCUT2D eigenvalue weighted by Crippen LogP contribution is 2.13. The zero-order valence-electron chi connectivity index (χ0n) is 14.9. The molecule has 7 nitrogen and oxygen atoms in total. The van der Waals surface area contributed by atoms with Crippen molar-refractivity contribution in [1.82, 2.24) is 20.0 Å². The Labute approximate surface area is 152 Å². The SMILES string of the molecule is CC(CN1CCOCC1)NC(=O)Cn1nc(-c2ccccc2)ccc1=O. The molecule has 1 aromatic carbocycles. The van der Waals surface area contributed by atoms with Crippen molar-refractivity contribution in [3.05, 3.63) is 52.8 Å². The number of nitrogens with zero attached hydrogens (tertiary/aromatic N) is 3. The number of rotatable bonds is 6. The van der Waals surface area contributed by atoms with Gasteiger partial charge in [0.1, 0.15) is 6.54 Å².